The highest BCUT2D eigenvalue weighted by molar-refractivity contribution is 7.90. The number of hydrogen-bond donors (Lipinski definition) is 1. The van der Waals surface area contributed by atoms with E-state index in [0.29, 0.717) is 6.42 Å². The molecule has 1 atom stereocenters. The predicted molar refractivity (Wildman–Crippen MR) is 72.0 cm³/mol. The molecule has 0 aromatic heterocycles. The van der Waals surface area contributed by atoms with Crippen molar-refractivity contribution >= 4 is 9.84 Å². The molecule has 17 heavy (non-hydrogen) atoms. The van der Waals surface area contributed by atoms with Crippen LogP contribution in [0.3, 0.4) is 0 Å². The molecule has 0 aliphatic rings. The van der Waals surface area contributed by atoms with Crippen molar-refractivity contribution in [3.8, 4) is 0 Å². The van der Waals surface area contributed by atoms with Gasteiger partial charge in [0, 0.05) is 12.3 Å². The number of sulfone groups is 1. The van der Waals surface area contributed by atoms with Crippen molar-refractivity contribution in [2.45, 2.75) is 26.3 Å². The molecule has 1 aromatic carbocycles. The third-order valence-electron chi connectivity index (χ3n) is 2.93. The summed E-state index contributed by atoms with van der Waals surface area (Å²) in [5.74, 6) is 0.214. The van der Waals surface area contributed by atoms with Crippen molar-refractivity contribution in [2.24, 2.45) is 0 Å². The van der Waals surface area contributed by atoms with Gasteiger partial charge in [-0.05, 0) is 38.4 Å². The standard InChI is InChI=1S/C13H21NO2S/c1-10-5-6-12(11(2)9-10)13(14-3)7-8-17(4,15)16/h5-6,9,13-14H,7-8H2,1-4H3. The Morgan fingerprint density at radius 3 is 2.41 bits per heavy atom. The molecule has 0 fully saturated rings. The highest BCUT2D eigenvalue weighted by Crippen LogP contribution is 2.21. The van der Waals surface area contributed by atoms with E-state index in [-0.39, 0.29) is 11.8 Å². The average Bonchev–Trinajstić information content (AvgIpc) is 2.19. The van der Waals surface area contributed by atoms with E-state index in [9.17, 15) is 8.42 Å². The molecule has 0 amide bonds. The van der Waals surface area contributed by atoms with E-state index in [1.807, 2.05) is 7.05 Å². The Morgan fingerprint density at radius 1 is 1.29 bits per heavy atom. The second-order valence-electron chi connectivity index (χ2n) is 4.62. The Morgan fingerprint density at radius 2 is 1.94 bits per heavy atom. The Balaban J connectivity index is 2.86. The summed E-state index contributed by atoms with van der Waals surface area (Å²) in [6.45, 7) is 4.12. The molecule has 1 N–H and O–H groups in total. The van der Waals surface area contributed by atoms with Gasteiger partial charge in [-0.25, -0.2) is 8.42 Å². The van der Waals surface area contributed by atoms with Gasteiger partial charge in [0.15, 0.2) is 0 Å². The molecule has 0 saturated carbocycles. The highest BCUT2D eigenvalue weighted by atomic mass is 32.2. The minimum absolute atomic E-state index is 0.102. The van der Waals surface area contributed by atoms with Crippen LogP contribution in [0.25, 0.3) is 0 Å². The lowest BCUT2D eigenvalue weighted by atomic mass is 9.98. The molecule has 0 aliphatic carbocycles. The van der Waals surface area contributed by atoms with Gasteiger partial charge in [-0.2, -0.15) is 0 Å². The summed E-state index contributed by atoms with van der Waals surface area (Å²) in [5.41, 5.74) is 3.61. The maximum absolute atomic E-state index is 11.2. The maximum atomic E-state index is 11.2. The third-order valence-corrected chi connectivity index (χ3v) is 3.90. The van der Waals surface area contributed by atoms with Gasteiger partial charge in [0.2, 0.25) is 0 Å². The summed E-state index contributed by atoms with van der Waals surface area (Å²) in [5, 5.41) is 3.19. The molecule has 0 bridgehead atoms. The molecule has 3 nitrogen and oxygen atoms in total. The van der Waals surface area contributed by atoms with E-state index in [1.54, 1.807) is 0 Å². The zero-order valence-corrected chi connectivity index (χ0v) is 11.8. The van der Waals surface area contributed by atoms with Crippen molar-refractivity contribution in [1.82, 2.24) is 5.32 Å². The van der Waals surface area contributed by atoms with Crippen molar-refractivity contribution in [1.29, 1.82) is 0 Å². The zero-order valence-electron chi connectivity index (χ0n) is 10.9. The lowest BCUT2D eigenvalue weighted by Crippen LogP contribution is -2.20. The normalized spacial score (nSPS) is 13.6. The van der Waals surface area contributed by atoms with Crippen molar-refractivity contribution < 1.29 is 8.42 Å². The van der Waals surface area contributed by atoms with Crippen molar-refractivity contribution in [3.63, 3.8) is 0 Å². The van der Waals surface area contributed by atoms with Crippen LogP contribution in [-0.4, -0.2) is 27.5 Å². The molecule has 0 aliphatic heterocycles. The van der Waals surface area contributed by atoms with Gasteiger partial charge in [0.25, 0.3) is 0 Å². The molecule has 4 heteroatoms. The lowest BCUT2D eigenvalue weighted by Gasteiger charge is -2.18. The van der Waals surface area contributed by atoms with E-state index in [4.69, 9.17) is 0 Å². The quantitative estimate of drug-likeness (QED) is 0.875. The molecule has 0 heterocycles. The van der Waals surface area contributed by atoms with Gasteiger partial charge in [-0.3, -0.25) is 0 Å². The topological polar surface area (TPSA) is 46.2 Å². The summed E-state index contributed by atoms with van der Waals surface area (Å²) in [7, 11) is -1.03. The maximum Gasteiger partial charge on any atom is 0.147 e. The molecule has 0 radical (unpaired) electrons. The molecule has 0 saturated heterocycles. The number of benzene rings is 1. The van der Waals surface area contributed by atoms with E-state index in [1.165, 1.54) is 22.9 Å². The molecular weight excluding hydrogens is 234 g/mol. The van der Waals surface area contributed by atoms with Gasteiger partial charge < -0.3 is 5.32 Å². The largest absolute Gasteiger partial charge is 0.313 e. The zero-order chi connectivity index (χ0) is 13.1. The SMILES string of the molecule is CNC(CCS(C)(=O)=O)c1ccc(C)cc1C. The minimum atomic E-state index is -2.90. The first kappa shape index (κ1) is 14.2. The van der Waals surface area contributed by atoms with Crippen LogP contribution < -0.4 is 5.32 Å². The van der Waals surface area contributed by atoms with Crippen LogP contribution in [0.5, 0.6) is 0 Å². The van der Waals surface area contributed by atoms with Crippen LogP contribution >= 0.6 is 0 Å². The van der Waals surface area contributed by atoms with Gasteiger partial charge >= 0.3 is 0 Å². The summed E-state index contributed by atoms with van der Waals surface area (Å²) < 4.78 is 22.4. The van der Waals surface area contributed by atoms with Gasteiger partial charge in [-0.15, -0.1) is 0 Å². The second kappa shape index (κ2) is 5.65. The van der Waals surface area contributed by atoms with E-state index >= 15 is 0 Å². The highest BCUT2D eigenvalue weighted by Gasteiger charge is 2.14. The Hall–Kier alpha value is -0.870. The van der Waals surface area contributed by atoms with Crippen molar-refractivity contribution in [2.75, 3.05) is 19.1 Å². The third kappa shape index (κ3) is 4.48. The number of rotatable bonds is 5. The molecular formula is C13H21NO2S. The van der Waals surface area contributed by atoms with Crippen LogP contribution in [0, 0.1) is 13.8 Å². The first-order valence-electron chi connectivity index (χ1n) is 5.75. The number of hydrogen-bond acceptors (Lipinski definition) is 3. The smallest absolute Gasteiger partial charge is 0.147 e. The minimum Gasteiger partial charge on any atom is -0.313 e. The lowest BCUT2D eigenvalue weighted by molar-refractivity contribution is 0.557. The summed E-state index contributed by atoms with van der Waals surface area (Å²) in [4.78, 5) is 0. The number of nitrogens with one attached hydrogen (secondary N) is 1. The fourth-order valence-corrected chi connectivity index (χ4v) is 2.67. The predicted octanol–water partition coefficient (Wildman–Crippen LogP) is 2.00. The van der Waals surface area contributed by atoms with E-state index < -0.39 is 9.84 Å². The summed E-state index contributed by atoms with van der Waals surface area (Å²) in [6, 6.07) is 6.37. The van der Waals surface area contributed by atoms with Crippen LogP contribution in [-0.2, 0) is 9.84 Å². The van der Waals surface area contributed by atoms with Crippen molar-refractivity contribution in [3.05, 3.63) is 34.9 Å². The second-order valence-corrected chi connectivity index (χ2v) is 6.88. The number of aryl methyl sites for hydroxylation is 2. The van der Waals surface area contributed by atoms with Crippen LogP contribution in [0.1, 0.15) is 29.2 Å². The average molecular weight is 255 g/mol. The van der Waals surface area contributed by atoms with Crippen LogP contribution in [0.15, 0.2) is 18.2 Å². The monoisotopic (exact) mass is 255 g/mol. The summed E-state index contributed by atoms with van der Waals surface area (Å²) >= 11 is 0. The fourth-order valence-electron chi connectivity index (χ4n) is 2.00. The molecule has 1 unspecified atom stereocenters. The van der Waals surface area contributed by atoms with E-state index in [2.05, 4.69) is 37.4 Å². The Labute approximate surface area is 104 Å². The first-order valence-corrected chi connectivity index (χ1v) is 7.81. The van der Waals surface area contributed by atoms with E-state index in [0.717, 1.165) is 0 Å². The Bertz CT molecular complexity index is 480. The molecule has 0 spiro atoms. The fraction of sp³-hybridized carbons (Fsp3) is 0.538. The van der Waals surface area contributed by atoms with Gasteiger partial charge in [0.1, 0.15) is 9.84 Å². The Kier molecular flexibility index (Phi) is 4.71. The summed E-state index contributed by atoms with van der Waals surface area (Å²) in [6.07, 6.45) is 1.89. The molecule has 96 valence electrons. The van der Waals surface area contributed by atoms with Gasteiger partial charge in [0.05, 0.1) is 5.75 Å². The van der Waals surface area contributed by atoms with Crippen LogP contribution in [0.2, 0.25) is 0 Å². The molecule has 1 rings (SSSR count). The van der Waals surface area contributed by atoms with Crippen LogP contribution in [0.4, 0.5) is 0 Å². The first-order chi connectivity index (χ1) is 7.83. The molecule has 1 aromatic rings. The van der Waals surface area contributed by atoms with Gasteiger partial charge in [-0.1, -0.05) is 23.8 Å².